The number of aryl methyl sites for hydroxylation is 1. The topological polar surface area (TPSA) is 78.9 Å². The highest BCUT2D eigenvalue weighted by Gasteiger charge is 2.08. The van der Waals surface area contributed by atoms with Crippen molar-refractivity contribution in [3.8, 4) is 17.3 Å². The van der Waals surface area contributed by atoms with E-state index in [0.717, 1.165) is 22.2 Å². The number of pyridine rings is 1. The van der Waals surface area contributed by atoms with E-state index < -0.39 is 0 Å². The van der Waals surface area contributed by atoms with Crippen LogP contribution in [-0.4, -0.2) is 20.1 Å². The first-order valence-corrected chi connectivity index (χ1v) is 6.22. The predicted molar refractivity (Wildman–Crippen MR) is 76.7 cm³/mol. The maximum Gasteiger partial charge on any atom is 0.257 e. The molecular formula is C15H13N3O2. The van der Waals surface area contributed by atoms with E-state index in [0.29, 0.717) is 5.82 Å². The highest BCUT2D eigenvalue weighted by atomic mass is 16.3. The molecule has 0 fully saturated rings. The summed E-state index contributed by atoms with van der Waals surface area (Å²) >= 11 is 0. The zero-order chi connectivity index (χ0) is 14.3. The lowest BCUT2D eigenvalue weighted by Gasteiger charge is -2.05. The van der Waals surface area contributed by atoms with Crippen molar-refractivity contribution in [3.05, 3.63) is 51.9 Å². The Morgan fingerprint density at radius 1 is 1.10 bits per heavy atom. The van der Waals surface area contributed by atoms with Crippen molar-refractivity contribution >= 4 is 10.9 Å². The molecular weight excluding hydrogens is 254 g/mol. The summed E-state index contributed by atoms with van der Waals surface area (Å²) in [4.78, 5) is 22.8. The average molecular weight is 267 g/mol. The molecule has 0 atom stereocenters. The third-order valence-corrected chi connectivity index (χ3v) is 3.23. The van der Waals surface area contributed by atoms with Crippen molar-refractivity contribution < 1.29 is 5.11 Å². The Labute approximate surface area is 115 Å². The molecule has 5 nitrogen and oxygen atoms in total. The van der Waals surface area contributed by atoms with Crippen LogP contribution in [-0.2, 0) is 0 Å². The van der Waals surface area contributed by atoms with Crippen LogP contribution in [0.1, 0.15) is 11.3 Å². The van der Waals surface area contributed by atoms with Crippen molar-refractivity contribution in [2.75, 3.05) is 0 Å². The Morgan fingerprint density at radius 3 is 2.65 bits per heavy atom. The third kappa shape index (κ3) is 2.03. The van der Waals surface area contributed by atoms with Crippen LogP contribution in [0.5, 0.6) is 5.88 Å². The quantitative estimate of drug-likeness (QED) is 0.709. The van der Waals surface area contributed by atoms with Gasteiger partial charge in [-0.25, -0.2) is 0 Å². The van der Waals surface area contributed by atoms with Crippen LogP contribution in [0, 0.1) is 13.8 Å². The Bertz CT molecular complexity index is 869. The smallest absolute Gasteiger partial charge is 0.257 e. The van der Waals surface area contributed by atoms with E-state index in [1.54, 1.807) is 0 Å². The fourth-order valence-corrected chi connectivity index (χ4v) is 2.03. The number of rotatable bonds is 1. The van der Waals surface area contributed by atoms with Gasteiger partial charge in [-0.3, -0.25) is 9.78 Å². The molecule has 0 saturated carbocycles. The first kappa shape index (κ1) is 12.3. The zero-order valence-electron chi connectivity index (χ0n) is 11.1. The van der Waals surface area contributed by atoms with Gasteiger partial charge in [-0.05, 0) is 38.1 Å². The molecule has 1 aromatic carbocycles. The Morgan fingerprint density at radius 2 is 1.90 bits per heavy atom. The van der Waals surface area contributed by atoms with Gasteiger partial charge in [-0.2, -0.15) is 4.98 Å². The van der Waals surface area contributed by atoms with Crippen molar-refractivity contribution in [1.29, 1.82) is 0 Å². The van der Waals surface area contributed by atoms with E-state index in [4.69, 9.17) is 0 Å². The number of nitrogens with one attached hydrogen (secondary N) is 1. The molecule has 0 unspecified atom stereocenters. The van der Waals surface area contributed by atoms with Crippen LogP contribution >= 0.6 is 0 Å². The van der Waals surface area contributed by atoms with Crippen molar-refractivity contribution in [2.45, 2.75) is 13.8 Å². The zero-order valence-corrected chi connectivity index (χ0v) is 11.1. The maximum atomic E-state index is 11.7. The lowest BCUT2D eigenvalue weighted by Crippen LogP contribution is -2.12. The van der Waals surface area contributed by atoms with E-state index in [9.17, 15) is 9.90 Å². The summed E-state index contributed by atoms with van der Waals surface area (Å²) in [5.41, 5.74) is 2.44. The summed E-state index contributed by atoms with van der Waals surface area (Å²) in [7, 11) is 0. The highest BCUT2D eigenvalue weighted by Crippen LogP contribution is 2.22. The van der Waals surface area contributed by atoms with Crippen LogP contribution < -0.4 is 5.56 Å². The summed E-state index contributed by atoms with van der Waals surface area (Å²) in [6, 6.07) is 9.47. The second kappa shape index (κ2) is 4.45. The van der Waals surface area contributed by atoms with Crippen LogP contribution in [0.2, 0.25) is 0 Å². The standard InChI is InChI=1S/C15H13N3O2/c1-8-3-4-10-7-11(5-6-12(10)16-8)13-17-14(19)9(2)15(20)18-13/h3-7H,1-2H3,(H2,17,18,19,20). The minimum Gasteiger partial charge on any atom is -0.493 e. The highest BCUT2D eigenvalue weighted by molar-refractivity contribution is 5.83. The Kier molecular flexibility index (Phi) is 2.75. The SMILES string of the molecule is Cc1ccc2cc(-c3nc(O)c(C)c(=O)[nH]3)ccc2n1. The van der Waals surface area contributed by atoms with Crippen molar-refractivity contribution in [3.63, 3.8) is 0 Å². The summed E-state index contributed by atoms with van der Waals surface area (Å²) in [5.74, 6) is 0.103. The summed E-state index contributed by atoms with van der Waals surface area (Å²) in [6.45, 7) is 3.46. The van der Waals surface area contributed by atoms with Crippen LogP contribution in [0.4, 0.5) is 0 Å². The van der Waals surface area contributed by atoms with Gasteiger partial charge in [0.15, 0.2) is 0 Å². The second-order valence-corrected chi connectivity index (χ2v) is 4.72. The molecule has 3 rings (SSSR count). The van der Waals surface area contributed by atoms with Gasteiger partial charge in [0.1, 0.15) is 5.82 Å². The number of aromatic amines is 1. The lowest BCUT2D eigenvalue weighted by atomic mass is 10.1. The maximum absolute atomic E-state index is 11.7. The molecule has 2 N–H and O–H groups in total. The normalized spacial score (nSPS) is 10.9. The van der Waals surface area contributed by atoms with Crippen LogP contribution in [0.15, 0.2) is 35.1 Å². The second-order valence-electron chi connectivity index (χ2n) is 4.72. The van der Waals surface area contributed by atoms with Crippen LogP contribution in [0.25, 0.3) is 22.3 Å². The predicted octanol–water partition coefficient (Wildman–Crippen LogP) is 2.31. The average Bonchev–Trinajstić information content (AvgIpc) is 2.43. The summed E-state index contributed by atoms with van der Waals surface area (Å²) in [5, 5.41) is 10.6. The number of H-pyrrole nitrogens is 1. The first-order valence-electron chi connectivity index (χ1n) is 6.22. The van der Waals surface area contributed by atoms with Gasteiger partial charge in [0.2, 0.25) is 5.88 Å². The first-order chi connectivity index (χ1) is 9.54. The fourth-order valence-electron chi connectivity index (χ4n) is 2.03. The van der Waals surface area contributed by atoms with Crippen molar-refractivity contribution in [1.82, 2.24) is 15.0 Å². The van der Waals surface area contributed by atoms with Crippen LogP contribution in [0.3, 0.4) is 0 Å². The summed E-state index contributed by atoms with van der Waals surface area (Å²) < 4.78 is 0. The monoisotopic (exact) mass is 267 g/mol. The molecule has 3 aromatic rings. The van der Waals surface area contributed by atoms with Gasteiger partial charge in [0, 0.05) is 16.6 Å². The lowest BCUT2D eigenvalue weighted by molar-refractivity contribution is 0.447. The van der Waals surface area contributed by atoms with Crippen molar-refractivity contribution in [2.24, 2.45) is 0 Å². The third-order valence-electron chi connectivity index (χ3n) is 3.23. The Balaban J connectivity index is 2.20. The van der Waals surface area contributed by atoms with E-state index in [1.165, 1.54) is 6.92 Å². The minimum atomic E-state index is -0.338. The molecule has 0 spiro atoms. The van der Waals surface area contributed by atoms with E-state index in [1.807, 2.05) is 37.3 Å². The van der Waals surface area contributed by atoms with Gasteiger partial charge in [-0.15, -0.1) is 0 Å². The molecule has 0 bridgehead atoms. The Hall–Kier alpha value is -2.69. The molecule has 0 aliphatic carbocycles. The molecule has 0 aliphatic rings. The van der Waals surface area contributed by atoms with E-state index in [-0.39, 0.29) is 17.0 Å². The summed E-state index contributed by atoms with van der Waals surface area (Å²) in [6.07, 6.45) is 0. The molecule has 5 heteroatoms. The number of nitrogens with zero attached hydrogens (tertiary/aromatic N) is 2. The van der Waals surface area contributed by atoms with E-state index in [2.05, 4.69) is 15.0 Å². The van der Waals surface area contributed by atoms with Gasteiger partial charge >= 0.3 is 0 Å². The van der Waals surface area contributed by atoms with Gasteiger partial charge in [0.25, 0.3) is 5.56 Å². The van der Waals surface area contributed by atoms with E-state index >= 15 is 0 Å². The van der Waals surface area contributed by atoms with Gasteiger partial charge < -0.3 is 10.1 Å². The molecule has 0 amide bonds. The molecule has 20 heavy (non-hydrogen) atoms. The molecule has 0 saturated heterocycles. The van der Waals surface area contributed by atoms with Gasteiger partial charge in [-0.1, -0.05) is 6.07 Å². The molecule has 2 heterocycles. The number of aromatic hydroxyl groups is 1. The number of benzene rings is 1. The number of hydrogen-bond donors (Lipinski definition) is 2. The number of hydrogen-bond acceptors (Lipinski definition) is 4. The molecule has 2 aromatic heterocycles. The molecule has 0 radical (unpaired) electrons. The number of aromatic nitrogens is 3. The minimum absolute atomic E-state index is 0.215. The van der Waals surface area contributed by atoms with Gasteiger partial charge in [0.05, 0.1) is 11.1 Å². The number of fused-ring (bicyclic) bond motifs is 1. The molecule has 0 aliphatic heterocycles. The fraction of sp³-hybridized carbons (Fsp3) is 0.133. The molecule has 100 valence electrons. The largest absolute Gasteiger partial charge is 0.493 e.